The number of aromatic carboxylic acids is 1. The van der Waals surface area contributed by atoms with E-state index in [0.29, 0.717) is 33.5 Å². The van der Waals surface area contributed by atoms with Crippen LogP contribution in [0.15, 0.2) is 41.2 Å². The van der Waals surface area contributed by atoms with Gasteiger partial charge in [-0.05, 0) is 60.0 Å². The molecule has 0 spiro atoms. The Morgan fingerprint density at radius 2 is 1.88 bits per heavy atom. The van der Waals surface area contributed by atoms with Crippen molar-refractivity contribution in [2.45, 2.75) is 45.1 Å². The largest absolute Gasteiger partial charge is 0.494 e. The van der Waals surface area contributed by atoms with E-state index in [2.05, 4.69) is 10.4 Å². The van der Waals surface area contributed by atoms with Crippen molar-refractivity contribution in [3.05, 3.63) is 63.8 Å². The summed E-state index contributed by atoms with van der Waals surface area (Å²) >= 11 is 0. The summed E-state index contributed by atoms with van der Waals surface area (Å²) in [7, 11) is 1.32. The average Bonchev–Trinajstić information content (AvgIpc) is 3.21. The number of rotatable bonds is 5. The molecule has 1 aromatic heterocycles. The number of nitrogens with zero attached hydrogens (tertiary/aromatic N) is 5. The first-order chi connectivity index (χ1) is 16.3. The van der Waals surface area contributed by atoms with Crippen LogP contribution in [0.5, 0.6) is 5.75 Å². The van der Waals surface area contributed by atoms with E-state index < -0.39 is 23.5 Å². The summed E-state index contributed by atoms with van der Waals surface area (Å²) in [5.41, 5.74) is -0.299. The van der Waals surface area contributed by atoms with Crippen LogP contribution in [0.1, 0.15) is 48.0 Å². The lowest BCUT2D eigenvalue weighted by atomic mass is 9.93. The van der Waals surface area contributed by atoms with Crippen molar-refractivity contribution >= 4 is 17.7 Å². The third-order valence-electron chi connectivity index (χ3n) is 6.02. The highest BCUT2D eigenvalue weighted by Gasteiger charge is 2.32. The van der Waals surface area contributed by atoms with Crippen molar-refractivity contribution in [1.82, 2.24) is 19.8 Å². The molecule has 0 atom stereocenters. The quantitative estimate of drug-likeness (QED) is 0.569. The van der Waals surface area contributed by atoms with E-state index in [-0.39, 0.29) is 23.0 Å². The number of hydrogen-bond acceptors (Lipinski definition) is 6. The van der Waals surface area contributed by atoms with Gasteiger partial charge in [0.15, 0.2) is 5.82 Å². The van der Waals surface area contributed by atoms with Crippen LogP contribution >= 0.6 is 0 Å². The van der Waals surface area contributed by atoms with E-state index in [1.54, 1.807) is 19.1 Å². The SMILES string of the molecule is COc1cccc(F)c1-n1nnn(C(=O)N(c2ccc(C)c(C(=O)O)c2)C2CCCCC2)c1=O. The van der Waals surface area contributed by atoms with Crippen LogP contribution in [-0.2, 0) is 0 Å². The molecule has 1 aliphatic carbocycles. The van der Waals surface area contributed by atoms with Crippen molar-refractivity contribution in [3.8, 4) is 11.4 Å². The Labute approximate surface area is 194 Å². The molecule has 0 unspecified atom stereocenters. The second kappa shape index (κ2) is 9.46. The van der Waals surface area contributed by atoms with Gasteiger partial charge in [-0.25, -0.2) is 18.8 Å². The molecule has 10 nitrogen and oxygen atoms in total. The standard InChI is InChI=1S/C23H24FN5O5/c1-14-11-12-16(13-17(14)21(30)31)27(15-7-4-3-5-8-15)22(32)29-23(33)28(25-26-29)20-18(24)9-6-10-19(20)34-2/h6,9-13,15H,3-5,7-8H2,1-2H3,(H,30,31). The number of anilines is 1. The monoisotopic (exact) mass is 469 g/mol. The molecule has 1 heterocycles. The van der Waals surface area contributed by atoms with Gasteiger partial charge in [0.2, 0.25) is 0 Å². The number of benzene rings is 2. The molecule has 0 aliphatic heterocycles. The van der Waals surface area contributed by atoms with Crippen molar-refractivity contribution < 1.29 is 23.8 Å². The first-order valence-electron chi connectivity index (χ1n) is 10.9. The van der Waals surface area contributed by atoms with Gasteiger partial charge < -0.3 is 9.84 Å². The van der Waals surface area contributed by atoms with E-state index in [1.165, 1.54) is 30.2 Å². The molecule has 1 aliphatic rings. The minimum atomic E-state index is -1.12. The molecule has 4 rings (SSSR count). The topological polar surface area (TPSA) is 120 Å². The maximum atomic E-state index is 14.5. The summed E-state index contributed by atoms with van der Waals surface area (Å²) in [6, 6.07) is 7.64. The number of aromatic nitrogens is 4. The Hall–Kier alpha value is -4.02. The van der Waals surface area contributed by atoms with Crippen LogP contribution in [0, 0.1) is 12.7 Å². The summed E-state index contributed by atoms with van der Waals surface area (Å²) in [6.07, 6.45) is 4.17. The Bertz CT molecular complexity index is 1300. The maximum absolute atomic E-state index is 14.5. The van der Waals surface area contributed by atoms with Gasteiger partial charge in [0.1, 0.15) is 11.4 Å². The minimum absolute atomic E-state index is 0.0513. The number of amides is 1. The number of carboxylic acids is 1. The number of ether oxygens (including phenoxy) is 1. The first kappa shape index (κ1) is 23.1. The van der Waals surface area contributed by atoms with E-state index in [1.807, 2.05) is 0 Å². The van der Waals surface area contributed by atoms with Gasteiger partial charge in [0.25, 0.3) is 0 Å². The number of carbonyl (C=O) groups is 2. The molecule has 1 N–H and O–H groups in total. The zero-order chi connectivity index (χ0) is 24.4. The van der Waals surface area contributed by atoms with Crippen LogP contribution < -0.4 is 15.3 Å². The number of halogens is 1. The Balaban J connectivity index is 1.81. The fraction of sp³-hybridized carbons (Fsp3) is 0.348. The Morgan fingerprint density at radius 1 is 1.15 bits per heavy atom. The molecule has 1 fully saturated rings. The predicted octanol–water partition coefficient (Wildman–Crippen LogP) is 3.39. The fourth-order valence-corrected chi connectivity index (χ4v) is 4.28. The fourth-order valence-electron chi connectivity index (χ4n) is 4.28. The van der Waals surface area contributed by atoms with Crippen LogP contribution in [0.4, 0.5) is 14.9 Å². The lowest BCUT2D eigenvalue weighted by Gasteiger charge is -2.33. The number of tetrazole rings is 1. The molecular formula is C23H24FN5O5. The highest BCUT2D eigenvalue weighted by molar-refractivity contribution is 5.96. The molecule has 11 heteroatoms. The van der Waals surface area contributed by atoms with Crippen LogP contribution in [0.25, 0.3) is 5.69 Å². The second-order valence-electron chi connectivity index (χ2n) is 8.12. The van der Waals surface area contributed by atoms with Crippen molar-refractivity contribution in [1.29, 1.82) is 0 Å². The molecule has 3 aromatic rings. The number of methoxy groups -OCH3 is 1. The average molecular weight is 469 g/mol. The molecule has 0 bridgehead atoms. The van der Waals surface area contributed by atoms with E-state index in [4.69, 9.17) is 4.74 Å². The summed E-state index contributed by atoms with van der Waals surface area (Å²) < 4.78 is 20.9. The van der Waals surface area contributed by atoms with Crippen molar-refractivity contribution in [3.63, 3.8) is 0 Å². The molecule has 1 amide bonds. The molecule has 0 saturated heterocycles. The number of carboxylic acid groups (broad SMARTS) is 1. The predicted molar refractivity (Wildman–Crippen MR) is 120 cm³/mol. The number of hydrogen-bond donors (Lipinski definition) is 1. The first-order valence-corrected chi connectivity index (χ1v) is 10.9. The van der Waals surface area contributed by atoms with Gasteiger partial charge in [-0.3, -0.25) is 4.90 Å². The normalized spacial score (nSPS) is 14.1. The number of carbonyl (C=O) groups excluding carboxylic acids is 1. The summed E-state index contributed by atoms with van der Waals surface area (Å²) in [5.74, 6) is -1.84. The van der Waals surface area contributed by atoms with Gasteiger partial charge in [-0.15, -0.1) is 4.68 Å². The van der Waals surface area contributed by atoms with E-state index >= 15 is 0 Å². The molecule has 178 valence electrons. The van der Waals surface area contributed by atoms with Gasteiger partial charge in [-0.2, -0.15) is 4.68 Å². The third-order valence-corrected chi connectivity index (χ3v) is 6.02. The van der Waals surface area contributed by atoms with Crippen LogP contribution in [0.3, 0.4) is 0 Å². The smallest absolute Gasteiger partial charge is 0.377 e. The Morgan fingerprint density at radius 3 is 2.56 bits per heavy atom. The molecule has 0 radical (unpaired) electrons. The highest BCUT2D eigenvalue weighted by Crippen LogP contribution is 2.30. The zero-order valence-electron chi connectivity index (χ0n) is 18.8. The molecular weight excluding hydrogens is 445 g/mol. The Kier molecular flexibility index (Phi) is 6.44. The van der Waals surface area contributed by atoms with E-state index in [0.717, 1.165) is 25.3 Å². The van der Waals surface area contributed by atoms with Crippen molar-refractivity contribution in [2.75, 3.05) is 12.0 Å². The lowest BCUT2D eigenvalue weighted by molar-refractivity contribution is 0.0696. The highest BCUT2D eigenvalue weighted by atomic mass is 19.1. The van der Waals surface area contributed by atoms with Crippen LogP contribution in [0.2, 0.25) is 0 Å². The number of aryl methyl sites for hydroxylation is 1. The van der Waals surface area contributed by atoms with Gasteiger partial charge in [-0.1, -0.05) is 31.4 Å². The van der Waals surface area contributed by atoms with Gasteiger partial charge in [0, 0.05) is 11.7 Å². The second-order valence-corrected chi connectivity index (χ2v) is 8.12. The summed E-state index contributed by atoms with van der Waals surface area (Å²) in [6.45, 7) is 1.66. The zero-order valence-corrected chi connectivity index (χ0v) is 18.8. The molecule has 1 saturated carbocycles. The molecule has 2 aromatic carbocycles. The van der Waals surface area contributed by atoms with Crippen LogP contribution in [-0.4, -0.2) is 50.0 Å². The molecule has 34 heavy (non-hydrogen) atoms. The van der Waals surface area contributed by atoms with E-state index in [9.17, 15) is 23.9 Å². The summed E-state index contributed by atoms with van der Waals surface area (Å²) in [5, 5.41) is 17.0. The third kappa shape index (κ3) is 4.16. The summed E-state index contributed by atoms with van der Waals surface area (Å²) in [4.78, 5) is 39.8. The maximum Gasteiger partial charge on any atom is 0.377 e. The van der Waals surface area contributed by atoms with Gasteiger partial charge in [0.05, 0.1) is 12.7 Å². The lowest BCUT2D eigenvalue weighted by Crippen LogP contribution is -2.47. The van der Waals surface area contributed by atoms with Crippen molar-refractivity contribution in [2.24, 2.45) is 0 Å². The number of para-hydroxylation sites is 1. The van der Waals surface area contributed by atoms with Gasteiger partial charge >= 0.3 is 17.7 Å². The minimum Gasteiger partial charge on any atom is -0.494 e.